The molecular formula is C14H19FN2O2. The van der Waals surface area contributed by atoms with E-state index >= 15 is 0 Å². The van der Waals surface area contributed by atoms with Gasteiger partial charge in [-0.05, 0) is 18.5 Å². The number of carbonyl (C=O) groups is 1. The number of ether oxygens (including phenoxy) is 1. The molecule has 1 saturated heterocycles. The molecule has 1 fully saturated rings. The lowest BCUT2D eigenvalue weighted by Gasteiger charge is -2.33. The summed E-state index contributed by atoms with van der Waals surface area (Å²) >= 11 is 0. The Morgan fingerprint density at radius 2 is 2.16 bits per heavy atom. The van der Waals surface area contributed by atoms with Crippen LogP contribution in [0.2, 0.25) is 0 Å². The zero-order valence-corrected chi connectivity index (χ0v) is 10.8. The highest BCUT2D eigenvalue weighted by molar-refractivity contribution is 5.67. The van der Waals surface area contributed by atoms with E-state index in [4.69, 9.17) is 10.5 Å². The lowest BCUT2D eigenvalue weighted by Crippen LogP contribution is -2.46. The molecule has 0 bridgehead atoms. The maximum atomic E-state index is 13.7. The SMILES string of the molecule is NC[C@@H]1CCN(C(=O)OCc2ccccc2)C[C@H]1F. The quantitative estimate of drug-likeness (QED) is 0.909. The molecule has 0 aromatic heterocycles. The number of piperidine rings is 1. The first kappa shape index (κ1) is 13.8. The number of likely N-dealkylation sites (tertiary alicyclic amines) is 1. The molecule has 1 aromatic rings. The van der Waals surface area contributed by atoms with Crippen LogP contribution in [0.15, 0.2) is 30.3 Å². The van der Waals surface area contributed by atoms with Crippen molar-refractivity contribution < 1.29 is 13.9 Å². The Morgan fingerprint density at radius 3 is 2.79 bits per heavy atom. The lowest BCUT2D eigenvalue weighted by molar-refractivity contribution is 0.0536. The molecule has 2 N–H and O–H groups in total. The van der Waals surface area contributed by atoms with Crippen molar-refractivity contribution in [2.45, 2.75) is 19.2 Å². The highest BCUT2D eigenvalue weighted by Crippen LogP contribution is 2.20. The average molecular weight is 266 g/mol. The van der Waals surface area contributed by atoms with E-state index in [0.29, 0.717) is 19.5 Å². The second kappa shape index (κ2) is 6.52. The molecule has 1 heterocycles. The van der Waals surface area contributed by atoms with E-state index < -0.39 is 12.3 Å². The summed E-state index contributed by atoms with van der Waals surface area (Å²) in [4.78, 5) is 13.2. The van der Waals surface area contributed by atoms with Gasteiger partial charge in [0.05, 0.1) is 6.54 Å². The summed E-state index contributed by atoms with van der Waals surface area (Å²) in [5, 5.41) is 0. The van der Waals surface area contributed by atoms with Crippen molar-refractivity contribution in [3.8, 4) is 0 Å². The van der Waals surface area contributed by atoms with Gasteiger partial charge >= 0.3 is 6.09 Å². The zero-order valence-electron chi connectivity index (χ0n) is 10.8. The van der Waals surface area contributed by atoms with E-state index in [1.54, 1.807) is 0 Å². The Bertz CT molecular complexity index is 413. The van der Waals surface area contributed by atoms with Crippen LogP contribution in [0.4, 0.5) is 9.18 Å². The van der Waals surface area contributed by atoms with Crippen LogP contribution in [0.1, 0.15) is 12.0 Å². The Labute approximate surface area is 112 Å². The minimum Gasteiger partial charge on any atom is -0.445 e. The van der Waals surface area contributed by atoms with Gasteiger partial charge < -0.3 is 15.4 Å². The molecule has 1 aromatic carbocycles. The number of amides is 1. The topological polar surface area (TPSA) is 55.6 Å². The Hall–Kier alpha value is -1.62. The monoisotopic (exact) mass is 266 g/mol. The molecule has 104 valence electrons. The van der Waals surface area contributed by atoms with Crippen molar-refractivity contribution in [3.63, 3.8) is 0 Å². The molecule has 0 saturated carbocycles. The van der Waals surface area contributed by atoms with Crippen molar-refractivity contribution in [2.75, 3.05) is 19.6 Å². The number of nitrogens with zero attached hydrogens (tertiary/aromatic N) is 1. The standard InChI is InChI=1S/C14H19FN2O2/c15-13-9-17(7-6-12(13)8-16)14(18)19-10-11-4-2-1-3-5-11/h1-5,12-13H,6-10,16H2/t12-,13+/m0/s1. The molecule has 1 amide bonds. The Balaban J connectivity index is 1.81. The maximum absolute atomic E-state index is 13.7. The molecule has 5 heteroatoms. The molecular weight excluding hydrogens is 247 g/mol. The summed E-state index contributed by atoms with van der Waals surface area (Å²) in [5.74, 6) is -0.141. The Morgan fingerprint density at radius 1 is 1.42 bits per heavy atom. The molecule has 0 radical (unpaired) electrons. The molecule has 19 heavy (non-hydrogen) atoms. The molecule has 4 nitrogen and oxygen atoms in total. The van der Waals surface area contributed by atoms with Gasteiger partial charge in [-0.3, -0.25) is 0 Å². The van der Waals surface area contributed by atoms with Crippen molar-refractivity contribution in [1.29, 1.82) is 0 Å². The number of halogens is 1. The highest BCUT2D eigenvalue weighted by atomic mass is 19.1. The van der Waals surface area contributed by atoms with Crippen LogP contribution in [0, 0.1) is 5.92 Å². The van der Waals surface area contributed by atoms with E-state index in [0.717, 1.165) is 5.56 Å². The van der Waals surface area contributed by atoms with Gasteiger partial charge in [0.15, 0.2) is 0 Å². The van der Waals surface area contributed by atoms with Crippen molar-refractivity contribution >= 4 is 6.09 Å². The smallest absolute Gasteiger partial charge is 0.410 e. The first-order valence-electron chi connectivity index (χ1n) is 6.50. The third-order valence-electron chi connectivity index (χ3n) is 3.44. The number of alkyl halides is 1. The van der Waals surface area contributed by atoms with Crippen LogP contribution in [-0.2, 0) is 11.3 Å². The third kappa shape index (κ3) is 3.67. The number of hydrogen-bond acceptors (Lipinski definition) is 3. The average Bonchev–Trinajstić information content (AvgIpc) is 2.45. The molecule has 2 atom stereocenters. The predicted molar refractivity (Wildman–Crippen MR) is 70.3 cm³/mol. The fraction of sp³-hybridized carbons (Fsp3) is 0.500. The van der Waals surface area contributed by atoms with Crippen LogP contribution in [0.3, 0.4) is 0 Å². The molecule has 1 aliphatic heterocycles. The van der Waals surface area contributed by atoms with Gasteiger partial charge in [0, 0.05) is 12.5 Å². The van der Waals surface area contributed by atoms with Gasteiger partial charge in [-0.15, -0.1) is 0 Å². The van der Waals surface area contributed by atoms with Gasteiger partial charge in [0.25, 0.3) is 0 Å². The van der Waals surface area contributed by atoms with Crippen LogP contribution >= 0.6 is 0 Å². The lowest BCUT2D eigenvalue weighted by atomic mass is 9.95. The van der Waals surface area contributed by atoms with E-state index in [1.807, 2.05) is 30.3 Å². The van der Waals surface area contributed by atoms with Gasteiger partial charge in [0.2, 0.25) is 0 Å². The van der Waals surface area contributed by atoms with Gasteiger partial charge in [0.1, 0.15) is 12.8 Å². The number of benzene rings is 1. The molecule has 2 rings (SSSR count). The normalized spacial score (nSPS) is 23.2. The largest absolute Gasteiger partial charge is 0.445 e. The molecule has 0 spiro atoms. The maximum Gasteiger partial charge on any atom is 0.410 e. The molecule has 0 aliphatic carbocycles. The highest BCUT2D eigenvalue weighted by Gasteiger charge is 2.31. The Kier molecular flexibility index (Phi) is 4.74. The van der Waals surface area contributed by atoms with E-state index in [-0.39, 0.29) is 19.1 Å². The van der Waals surface area contributed by atoms with Crippen LogP contribution in [0.5, 0.6) is 0 Å². The third-order valence-corrected chi connectivity index (χ3v) is 3.44. The summed E-state index contributed by atoms with van der Waals surface area (Å²) in [6.07, 6.45) is -0.914. The van der Waals surface area contributed by atoms with Crippen molar-refractivity contribution in [3.05, 3.63) is 35.9 Å². The van der Waals surface area contributed by atoms with Crippen LogP contribution in [0.25, 0.3) is 0 Å². The van der Waals surface area contributed by atoms with Crippen LogP contribution < -0.4 is 5.73 Å². The van der Waals surface area contributed by atoms with Crippen molar-refractivity contribution in [2.24, 2.45) is 11.7 Å². The number of rotatable bonds is 3. The first-order valence-corrected chi connectivity index (χ1v) is 6.50. The second-order valence-electron chi connectivity index (χ2n) is 4.79. The van der Waals surface area contributed by atoms with E-state index in [2.05, 4.69) is 0 Å². The number of carbonyl (C=O) groups excluding carboxylic acids is 1. The minimum absolute atomic E-state index is 0.0789. The number of hydrogen-bond donors (Lipinski definition) is 1. The second-order valence-corrected chi connectivity index (χ2v) is 4.79. The fourth-order valence-electron chi connectivity index (χ4n) is 2.20. The van der Waals surface area contributed by atoms with Crippen molar-refractivity contribution in [1.82, 2.24) is 4.90 Å². The predicted octanol–water partition coefficient (Wildman–Crippen LogP) is 1.94. The van der Waals surface area contributed by atoms with E-state index in [9.17, 15) is 9.18 Å². The summed E-state index contributed by atoms with van der Waals surface area (Å²) in [6, 6.07) is 9.43. The van der Waals surface area contributed by atoms with E-state index in [1.165, 1.54) is 4.90 Å². The molecule has 0 unspecified atom stereocenters. The summed E-state index contributed by atoms with van der Waals surface area (Å²) in [5.41, 5.74) is 6.40. The number of nitrogens with two attached hydrogens (primary N) is 1. The van der Waals surface area contributed by atoms with Gasteiger partial charge in [-0.25, -0.2) is 9.18 Å². The first-order chi connectivity index (χ1) is 9.20. The molecule has 1 aliphatic rings. The van der Waals surface area contributed by atoms with Crippen LogP contribution in [-0.4, -0.2) is 36.8 Å². The fourth-order valence-corrected chi connectivity index (χ4v) is 2.20. The van der Waals surface area contributed by atoms with Gasteiger partial charge in [-0.2, -0.15) is 0 Å². The summed E-state index contributed by atoms with van der Waals surface area (Å²) in [6.45, 7) is 1.13. The zero-order chi connectivity index (χ0) is 13.7. The summed E-state index contributed by atoms with van der Waals surface area (Å²) in [7, 11) is 0. The minimum atomic E-state index is -1.05. The summed E-state index contributed by atoms with van der Waals surface area (Å²) < 4.78 is 18.9. The van der Waals surface area contributed by atoms with Gasteiger partial charge in [-0.1, -0.05) is 30.3 Å².